The van der Waals surface area contributed by atoms with E-state index >= 15 is 0 Å². The van der Waals surface area contributed by atoms with Crippen LogP contribution in [0.15, 0.2) is 0 Å². The Morgan fingerprint density at radius 1 is 1.45 bits per heavy atom. The molecule has 0 spiro atoms. The summed E-state index contributed by atoms with van der Waals surface area (Å²) in [5, 5.41) is 0. The quantitative estimate of drug-likeness (QED) is 0.390. The number of rotatable bonds is 2. The Kier molecular flexibility index (Phi) is 3.58. The molecule has 0 bridgehead atoms. The molecule has 0 aromatic carbocycles. The lowest BCUT2D eigenvalue weighted by Gasteiger charge is -2.13. The van der Waals surface area contributed by atoms with Gasteiger partial charge in [-0.1, -0.05) is 6.92 Å². The van der Waals surface area contributed by atoms with E-state index in [1.165, 1.54) is 0 Å². The Balaban J connectivity index is 3.99. The topological polar surface area (TPSA) is 43.4 Å². The van der Waals surface area contributed by atoms with Crippen molar-refractivity contribution in [2.45, 2.75) is 31.9 Å². The molecule has 0 aromatic heterocycles. The van der Waals surface area contributed by atoms with Gasteiger partial charge in [-0.15, -0.1) is 0 Å². The molecule has 0 saturated heterocycles. The maximum Gasteiger partial charge on any atom is 0.329 e. The standard InChI is InChI=1S/C7H12O3S/c1-4-5(8)10-6(9)7(2,3)11/h11H,4H2,1-3H3. The van der Waals surface area contributed by atoms with Crippen molar-refractivity contribution in [2.75, 3.05) is 0 Å². The van der Waals surface area contributed by atoms with Crippen molar-refractivity contribution in [2.24, 2.45) is 0 Å². The van der Waals surface area contributed by atoms with E-state index in [0.717, 1.165) is 0 Å². The van der Waals surface area contributed by atoms with E-state index in [4.69, 9.17) is 0 Å². The zero-order valence-corrected chi connectivity index (χ0v) is 7.77. The van der Waals surface area contributed by atoms with Gasteiger partial charge in [-0.05, 0) is 13.8 Å². The fourth-order valence-corrected chi connectivity index (χ4v) is 0.346. The molecule has 0 aromatic rings. The fourth-order valence-electron chi connectivity index (χ4n) is 0.300. The molecule has 0 amide bonds. The van der Waals surface area contributed by atoms with Crippen molar-refractivity contribution < 1.29 is 14.3 Å². The van der Waals surface area contributed by atoms with Crippen molar-refractivity contribution in [3.63, 3.8) is 0 Å². The van der Waals surface area contributed by atoms with Gasteiger partial charge in [0.25, 0.3) is 0 Å². The number of thiol groups is 1. The third-order valence-corrected chi connectivity index (χ3v) is 1.18. The summed E-state index contributed by atoms with van der Waals surface area (Å²) in [5.41, 5.74) is 0. The summed E-state index contributed by atoms with van der Waals surface area (Å²) in [6.07, 6.45) is 0.204. The van der Waals surface area contributed by atoms with Crippen LogP contribution in [0.25, 0.3) is 0 Å². The van der Waals surface area contributed by atoms with Gasteiger partial charge in [0.05, 0.1) is 0 Å². The van der Waals surface area contributed by atoms with Gasteiger partial charge in [-0.2, -0.15) is 12.6 Å². The predicted molar refractivity (Wildman–Crippen MR) is 44.5 cm³/mol. The minimum Gasteiger partial charge on any atom is -0.392 e. The average Bonchev–Trinajstić information content (AvgIpc) is 1.85. The second kappa shape index (κ2) is 3.76. The summed E-state index contributed by atoms with van der Waals surface area (Å²) in [4.78, 5) is 21.5. The number of hydrogen-bond donors (Lipinski definition) is 1. The lowest BCUT2D eigenvalue weighted by Crippen LogP contribution is -2.29. The highest BCUT2D eigenvalue weighted by Gasteiger charge is 2.26. The second-order valence-electron chi connectivity index (χ2n) is 2.67. The van der Waals surface area contributed by atoms with E-state index in [-0.39, 0.29) is 6.42 Å². The van der Waals surface area contributed by atoms with Gasteiger partial charge in [0.2, 0.25) is 0 Å². The lowest BCUT2D eigenvalue weighted by molar-refractivity contribution is -0.160. The lowest BCUT2D eigenvalue weighted by atomic mass is 10.2. The Morgan fingerprint density at radius 2 is 1.91 bits per heavy atom. The van der Waals surface area contributed by atoms with Crippen LogP contribution in [0, 0.1) is 0 Å². The van der Waals surface area contributed by atoms with Crippen LogP contribution >= 0.6 is 12.6 Å². The molecule has 0 aliphatic heterocycles. The third kappa shape index (κ3) is 4.03. The molecule has 3 nitrogen and oxygen atoms in total. The number of esters is 2. The highest BCUT2D eigenvalue weighted by atomic mass is 32.1. The van der Waals surface area contributed by atoms with Crippen molar-refractivity contribution in [1.82, 2.24) is 0 Å². The summed E-state index contributed by atoms with van der Waals surface area (Å²) >= 11 is 3.94. The maximum absolute atomic E-state index is 10.9. The summed E-state index contributed by atoms with van der Waals surface area (Å²) in [5.74, 6) is -1.12. The first-order chi connectivity index (χ1) is 4.88. The summed E-state index contributed by atoms with van der Waals surface area (Å²) in [7, 11) is 0. The van der Waals surface area contributed by atoms with Gasteiger partial charge in [-0.3, -0.25) is 9.59 Å². The maximum atomic E-state index is 10.9. The normalized spacial score (nSPS) is 10.9. The van der Waals surface area contributed by atoms with Gasteiger partial charge in [0.1, 0.15) is 4.75 Å². The van der Waals surface area contributed by atoms with Crippen molar-refractivity contribution in [3.8, 4) is 0 Å². The van der Waals surface area contributed by atoms with E-state index in [0.29, 0.717) is 0 Å². The molecular weight excluding hydrogens is 164 g/mol. The minimum absolute atomic E-state index is 0.204. The molecule has 0 fully saturated rings. The van der Waals surface area contributed by atoms with E-state index in [1.54, 1.807) is 20.8 Å². The molecular formula is C7H12O3S. The van der Waals surface area contributed by atoms with E-state index < -0.39 is 16.7 Å². The third-order valence-electron chi connectivity index (χ3n) is 0.995. The molecule has 11 heavy (non-hydrogen) atoms. The molecule has 0 N–H and O–H groups in total. The highest BCUT2D eigenvalue weighted by Crippen LogP contribution is 2.13. The van der Waals surface area contributed by atoms with Crippen LogP contribution in [0.2, 0.25) is 0 Å². The molecule has 4 heteroatoms. The second-order valence-corrected chi connectivity index (χ2v) is 3.79. The molecule has 0 saturated carbocycles. The Bertz CT molecular complexity index is 169. The zero-order valence-electron chi connectivity index (χ0n) is 6.88. The first-order valence-corrected chi connectivity index (χ1v) is 3.80. The van der Waals surface area contributed by atoms with Crippen LogP contribution in [0.1, 0.15) is 27.2 Å². The van der Waals surface area contributed by atoms with Crippen LogP contribution in [-0.4, -0.2) is 16.7 Å². The van der Waals surface area contributed by atoms with E-state index in [2.05, 4.69) is 17.4 Å². The number of carbonyl (C=O) groups is 2. The molecule has 64 valence electrons. The SMILES string of the molecule is CCC(=O)OC(=O)C(C)(C)S. The number of hydrogen-bond acceptors (Lipinski definition) is 4. The molecule has 0 atom stereocenters. The molecule has 0 aliphatic rings. The van der Waals surface area contributed by atoms with Crippen molar-refractivity contribution in [1.29, 1.82) is 0 Å². The number of ether oxygens (including phenoxy) is 1. The van der Waals surface area contributed by atoms with Crippen LogP contribution in [0.4, 0.5) is 0 Å². The molecule has 0 heterocycles. The summed E-state index contributed by atoms with van der Waals surface area (Å²) < 4.78 is 3.51. The highest BCUT2D eigenvalue weighted by molar-refractivity contribution is 7.82. The van der Waals surface area contributed by atoms with Gasteiger partial charge >= 0.3 is 11.9 Å². The monoisotopic (exact) mass is 176 g/mol. The Labute approximate surface area is 71.5 Å². The largest absolute Gasteiger partial charge is 0.392 e. The van der Waals surface area contributed by atoms with Gasteiger partial charge in [0.15, 0.2) is 0 Å². The fraction of sp³-hybridized carbons (Fsp3) is 0.714. The Hall–Kier alpha value is -0.510. The minimum atomic E-state index is -0.898. The first-order valence-electron chi connectivity index (χ1n) is 3.35. The summed E-state index contributed by atoms with van der Waals surface area (Å²) in [6, 6.07) is 0. The molecule has 0 radical (unpaired) electrons. The van der Waals surface area contributed by atoms with Crippen molar-refractivity contribution >= 4 is 24.6 Å². The van der Waals surface area contributed by atoms with E-state index in [9.17, 15) is 9.59 Å². The molecule has 0 rings (SSSR count). The van der Waals surface area contributed by atoms with Gasteiger partial charge in [0, 0.05) is 6.42 Å². The Morgan fingerprint density at radius 3 is 2.18 bits per heavy atom. The van der Waals surface area contributed by atoms with Gasteiger partial charge < -0.3 is 4.74 Å². The van der Waals surface area contributed by atoms with Crippen molar-refractivity contribution in [3.05, 3.63) is 0 Å². The van der Waals surface area contributed by atoms with Crippen LogP contribution in [0.5, 0.6) is 0 Å². The zero-order chi connectivity index (χ0) is 9.07. The number of carbonyl (C=O) groups excluding carboxylic acids is 2. The molecule has 0 unspecified atom stereocenters. The van der Waals surface area contributed by atoms with Crippen LogP contribution in [0.3, 0.4) is 0 Å². The smallest absolute Gasteiger partial charge is 0.329 e. The van der Waals surface area contributed by atoms with E-state index in [1.807, 2.05) is 0 Å². The van der Waals surface area contributed by atoms with Crippen LogP contribution in [-0.2, 0) is 14.3 Å². The predicted octanol–water partition coefficient (Wildman–Crippen LogP) is 1.17. The average molecular weight is 176 g/mol. The molecule has 0 aliphatic carbocycles. The summed E-state index contributed by atoms with van der Waals surface area (Å²) in [6.45, 7) is 4.77. The van der Waals surface area contributed by atoms with Gasteiger partial charge in [-0.25, -0.2) is 0 Å². The first kappa shape index (κ1) is 10.5. The van der Waals surface area contributed by atoms with Crippen LogP contribution < -0.4 is 0 Å².